The molecule has 1 amide bonds. The number of primary amides is 1. The van der Waals surface area contributed by atoms with E-state index >= 15 is 0 Å². The lowest BCUT2D eigenvalue weighted by Crippen LogP contribution is -2.20. The zero-order valence-electron chi connectivity index (χ0n) is 15.0. The van der Waals surface area contributed by atoms with Crippen molar-refractivity contribution in [2.45, 2.75) is 19.3 Å². The first-order chi connectivity index (χ1) is 12.8. The number of benzene rings is 1. The Kier molecular flexibility index (Phi) is 5.78. The molecule has 0 unspecified atom stereocenters. The predicted molar refractivity (Wildman–Crippen MR) is 109 cm³/mol. The van der Waals surface area contributed by atoms with Crippen LogP contribution in [0.4, 0.5) is 4.39 Å². The number of aromatic nitrogens is 2. The second kappa shape index (κ2) is 7.92. The average molecular weight is 451 g/mol. The van der Waals surface area contributed by atoms with Crippen molar-refractivity contribution < 1.29 is 9.18 Å². The summed E-state index contributed by atoms with van der Waals surface area (Å²) in [5.74, 6) is -0.897. The van der Waals surface area contributed by atoms with Crippen molar-refractivity contribution in [3.63, 3.8) is 0 Å². The first kappa shape index (κ1) is 19.7. The Morgan fingerprint density at radius 1 is 1.37 bits per heavy atom. The highest BCUT2D eigenvalue weighted by molar-refractivity contribution is 9.10. The van der Waals surface area contributed by atoms with Gasteiger partial charge in [0.1, 0.15) is 5.82 Å². The van der Waals surface area contributed by atoms with Crippen LogP contribution < -0.4 is 11.5 Å². The van der Waals surface area contributed by atoms with Crippen LogP contribution in [-0.4, -0.2) is 22.2 Å². The molecule has 0 fully saturated rings. The van der Waals surface area contributed by atoms with Crippen molar-refractivity contribution in [1.82, 2.24) is 9.78 Å². The molecule has 142 valence electrons. The van der Waals surface area contributed by atoms with E-state index in [2.05, 4.69) is 21.0 Å². The van der Waals surface area contributed by atoms with Crippen molar-refractivity contribution in [2.75, 3.05) is 6.54 Å². The van der Waals surface area contributed by atoms with Crippen molar-refractivity contribution in [3.8, 4) is 11.3 Å². The Morgan fingerprint density at radius 3 is 2.56 bits per heavy atom. The fourth-order valence-electron chi connectivity index (χ4n) is 3.33. The summed E-state index contributed by atoms with van der Waals surface area (Å²) in [6, 6.07) is 6.33. The Bertz CT molecular complexity index is 961. The number of amides is 1. The lowest BCUT2D eigenvalue weighted by atomic mass is 9.87. The lowest BCUT2D eigenvalue weighted by Gasteiger charge is -2.19. The summed E-state index contributed by atoms with van der Waals surface area (Å²) in [6.07, 6.45) is 2.30. The number of aryl methyl sites for hydroxylation is 2. The van der Waals surface area contributed by atoms with Crippen LogP contribution in [0.2, 0.25) is 0 Å². The molecule has 0 spiro atoms. The summed E-state index contributed by atoms with van der Waals surface area (Å²) in [4.78, 5) is 13.6. The van der Waals surface area contributed by atoms with Gasteiger partial charge in [-0.2, -0.15) is 5.10 Å². The molecule has 2 heterocycles. The number of carbonyl (C=O) groups excluding carboxylic acids is 1. The average Bonchev–Trinajstić information content (AvgIpc) is 3.13. The first-order valence-electron chi connectivity index (χ1n) is 8.39. The van der Waals surface area contributed by atoms with Crippen LogP contribution in [-0.2, 0) is 13.5 Å². The van der Waals surface area contributed by atoms with Gasteiger partial charge < -0.3 is 11.5 Å². The summed E-state index contributed by atoms with van der Waals surface area (Å²) in [6.45, 7) is 2.29. The molecule has 1 atom stereocenters. The molecule has 2 aromatic heterocycles. The summed E-state index contributed by atoms with van der Waals surface area (Å²) in [7, 11) is 1.85. The third-order valence-electron chi connectivity index (χ3n) is 4.56. The number of hydrogen-bond donors (Lipinski definition) is 2. The van der Waals surface area contributed by atoms with Crippen LogP contribution in [0.15, 0.2) is 34.9 Å². The van der Waals surface area contributed by atoms with Crippen LogP contribution in [0.3, 0.4) is 0 Å². The molecule has 0 saturated carbocycles. The van der Waals surface area contributed by atoms with E-state index in [1.54, 1.807) is 23.0 Å². The van der Waals surface area contributed by atoms with Crippen molar-refractivity contribution in [3.05, 3.63) is 61.6 Å². The minimum atomic E-state index is -0.472. The monoisotopic (exact) mass is 450 g/mol. The van der Waals surface area contributed by atoms with Gasteiger partial charge in [0, 0.05) is 23.4 Å². The third-order valence-corrected chi connectivity index (χ3v) is 6.28. The molecule has 8 heteroatoms. The van der Waals surface area contributed by atoms with Gasteiger partial charge in [-0.25, -0.2) is 4.39 Å². The Labute approximate surface area is 169 Å². The van der Waals surface area contributed by atoms with Gasteiger partial charge in [0.25, 0.3) is 5.91 Å². The van der Waals surface area contributed by atoms with E-state index in [4.69, 9.17) is 11.5 Å². The molecule has 4 N–H and O–H groups in total. The number of hydrogen-bond acceptors (Lipinski definition) is 4. The topological polar surface area (TPSA) is 86.9 Å². The van der Waals surface area contributed by atoms with Crippen LogP contribution in [0, 0.1) is 12.7 Å². The number of nitrogens with zero attached hydrogens (tertiary/aromatic N) is 2. The van der Waals surface area contributed by atoms with E-state index in [0.717, 1.165) is 31.7 Å². The summed E-state index contributed by atoms with van der Waals surface area (Å²) >= 11 is 4.92. The SMILES string of the molecule is Cc1sc(C(N)=O)c([C@@H](CN)Cc2ccc(F)cc2)c1-c1c(Br)cnn1C. The molecule has 3 aromatic rings. The van der Waals surface area contributed by atoms with Gasteiger partial charge in [0.05, 0.1) is 21.2 Å². The molecule has 0 aliphatic carbocycles. The van der Waals surface area contributed by atoms with Crippen LogP contribution in [0.5, 0.6) is 0 Å². The number of halogens is 2. The van der Waals surface area contributed by atoms with Gasteiger partial charge in [0.15, 0.2) is 0 Å². The predicted octanol–water partition coefficient (Wildman–Crippen LogP) is 3.74. The van der Waals surface area contributed by atoms with Gasteiger partial charge in [0.2, 0.25) is 0 Å². The standard InChI is InChI=1S/C19H20BrFN4OS/c1-10-15(17-14(20)9-24-25(17)2)16(18(27-10)19(23)26)12(8-22)7-11-3-5-13(21)6-4-11/h3-6,9,12H,7-8,22H2,1-2H3,(H2,23,26)/t12-/m1/s1. The zero-order valence-corrected chi connectivity index (χ0v) is 17.4. The Hall–Kier alpha value is -2.03. The van der Waals surface area contributed by atoms with Crippen molar-refractivity contribution in [2.24, 2.45) is 18.5 Å². The van der Waals surface area contributed by atoms with E-state index in [1.807, 2.05) is 14.0 Å². The third kappa shape index (κ3) is 3.83. The Balaban J connectivity index is 2.16. The fraction of sp³-hybridized carbons (Fsp3) is 0.263. The van der Waals surface area contributed by atoms with Gasteiger partial charge in [-0.15, -0.1) is 11.3 Å². The maximum atomic E-state index is 13.2. The minimum Gasteiger partial charge on any atom is -0.365 e. The molecule has 0 aliphatic heterocycles. The molecule has 0 aliphatic rings. The zero-order chi connectivity index (χ0) is 19.7. The maximum Gasteiger partial charge on any atom is 0.259 e. The van der Waals surface area contributed by atoms with E-state index in [9.17, 15) is 9.18 Å². The minimum absolute atomic E-state index is 0.139. The molecular weight excluding hydrogens is 431 g/mol. The number of thiophene rings is 1. The number of rotatable bonds is 6. The van der Waals surface area contributed by atoms with Gasteiger partial charge in [-0.05, 0) is 59.1 Å². The first-order valence-corrected chi connectivity index (χ1v) is 9.99. The van der Waals surface area contributed by atoms with Crippen LogP contribution >= 0.6 is 27.3 Å². The van der Waals surface area contributed by atoms with E-state index in [-0.39, 0.29) is 11.7 Å². The van der Waals surface area contributed by atoms with E-state index < -0.39 is 5.91 Å². The second-order valence-electron chi connectivity index (χ2n) is 6.37. The largest absolute Gasteiger partial charge is 0.365 e. The summed E-state index contributed by atoms with van der Waals surface area (Å²) in [5.41, 5.74) is 15.4. The number of nitrogens with two attached hydrogens (primary N) is 2. The van der Waals surface area contributed by atoms with E-state index in [1.165, 1.54) is 23.5 Å². The number of carbonyl (C=O) groups is 1. The van der Waals surface area contributed by atoms with Crippen molar-refractivity contribution >= 4 is 33.2 Å². The maximum absolute atomic E-state index is 13.2. The molecule has 0 bridgehead atoms. The van der Waals surface area contributed by atoms with E-state index in [0.29, 0.717) is 17.8 Å². The lowest BCUT2D eigenvalue weighted by molar-refractivity contribution is 0.100. The fourth-order valence-corrected chi connectivity index (χ4v) is 4.97. The smallest absolute Gasteiger partial charge is 0.259 e. The highest BCUT2D eigenvalue weighted by atomic mass is 79.9. The molecule has 0 radical (unpaired) electrons. The van der Waals surface area contributed by atoms with Crippen LogP contribution in [0.1, 0.15) is 31.6 Å². The second-order valence-corrected chi connectivity index (χ2v) is 8.45. The van der Waals surface area contributed by atoms with Crippen LogP contribution in [0.25, 0.3) is 11.3 Å². The molecule has 5 nitrogen and oxygen atoms in total. The normalized spacial score (nSPS) is 12.3. The quantitative estimate of drug-likeness (QED) is 0.599. The summed E-state index contributed by atoms with van der Waals surface area (Å²) in [5, 5.41) is 4.29. The highest BCUT2D eigenvalue weighted by Crippen LogP contribution is 2.43. The molecule has 0 saturated heterocycles. The molecular formula is C19H20BrFN4OS. The molecule has 1 aromatic carbocycles. The summed E-state index contributed by atoms with van der Waals surface area (Å²) < 4.78 is 15.8. The highest BCUT2D eigenvalue weighted by Gasteiger charge is 2.29. The Morgan fingerprint density at radius 2 is 2.04 bits per heavy atom. The van der Waals surface area contributed by atoms with Gasteiger partial charge in [-0.3, -0.25) is 9.48 Å². The molecule has 3 rings (SSSR count). The van der Waals surface area contributed by atoms with Crippen molar-refractivity contribution in [1.29, 1.82) is 0 Å². The van der Waals surface area contributed by atoms with Gasteiger partial charge in [-0.1, -0.05) is 12.1 Å². The van der Waals surface area contributed by atoms with Gasteiger partial charge >= 0.3 is 0 Å². The molecule has 27 heavy (non-hydrogen) atoms.